The second-order valence-electron chi connectivity index (χ2n) is 8.01. The van der Waals surface area contributed by atoms with Crippen molar-refractivity contribution in [2.75, 3.05) is 41.2 Å². The largest absolute Gasteiger partial charge is 0.493 e. The molecule has 0 amide bonds. The van der Waals surface area contributed by atoms with Crippen molar-refractivity contribution in [2.24, 2.45) is 0 Å². The predicted octanol–water partition coefficient (Wildman–Crippen LogP) is 1.97. The Morgan fingerprint density at radius 2 is 1.77 bits per heavy atom. The molecule has 8 nitrogen and oxygen atoms in total. The number of hydrogen-bond donors (Lipinski definition) is 0. The number of ether oxygens (including phenoxy) is 4. The number of nitrogens with zero attached hydrogens (tertiary/aromatic N) is 1. The van der Waals surface area contributed by atoms with E-state index in [4.69, 9.17) is 18.9 Å². The number of sulfonamides is 1. The quantitative estimate of drug-likeness (QED) is 0.679. The number of hydrogen-bond acceptors (Lipinski definition) is 7. The van der Waals surface area contributed by atoms with Gasteiger partial charge in [0.05, 0.1) is 34.7 Å². The lowest BCUT2D eigenvalue weighted by Crippen LogP contribution is -2.53. The molecule has 2 aliphatic carbocycles. The summed E-state index contributed by atoms with van der Waals surface area (Å²) < 4.78 is 49.1. The monoisotopic (exact) mass is 449 g/mol. The first kappa shape index (κ1) is 21.7. The van der Waals surface area contributed by atoms with E-state index in [0.29, 0.717) is 43.1 Å². The standard InChI is InChI=1S/C22H27NO7S/c1-27-17-10-13-6-7-15-14-11-16(24)18(28-2)12-22(14,8-9-23(15)31(5,25)26)19(13)21(30-4)20(17)29-3/h10-12,15H,6-9H2,1-5H3/t15-,22+/m0/s1. The second-order valence-corrected chi connectivity index (χ2v) is 9.94. The number of benzene rings is 1. The smallest absolute Gasteiger partial charge is 0.220 e. The minimum atomic E-state index is -3.46. The van der Waals surface area contributed by atoms with Crippen LogP contribution in [0.2, 0.25) is 0 Å². The first-order valence-electron chi connectivity index (χ1n) is 10.0. The zero-order valence-corrected chi connectivity index (χ0v) is 19.2. The number of carbonyl (C=O) groups is 1. The summed E-state index contributed by atoms with van der Waals surface area (Å²) in [5.41, 5.74) is 1.84. The van der Waals surface area contributed by atoms with Gasteiger partial charge in [-0.05, 0) is 48.6 Å². The summed E-state index contributed by atoms with van der Waals surface area (Å²) in [7, 11) is 2.69. The zero-order chi connectivity index (χ0) is 22.6. The molecule has 9 heteroatoms. The molecule has 0 aromatic heterocycles. The Hall–Kier alpha value is -2.52. The highest BCUT2D eigenvalue weighted by molar-refractivity contribution is 7.88. The van der Waals surface area contributed by atoms with Gasteiger partial charge in [0, 0.05) is 23.6 Å². The minimum Gasteiger partial charge on any atom is -0.493 e. The molecule has 2 atom stereocenters. The fraction of sp³-hybridized carbons (Fsp3) is 0.500. The van der Waals surface area contributed by atoms with Gasteiger partial charge in [0.15, 0.2) is 17.3 Å². The van der Waals surface area contributed by atoms with Crippen molar-refractivity contribution in [3.8, 4) is 17.2 Å². The van der Waals surface area contributed by atoms with Crippen molar-refractivity contribution in [2.45, 2.75) is 30.7 Å². The number of fused-ring (bicyclic) bond motifs is 1. The Labute approximate surface area is 182 Å². The summed E-state index contributed by atoms with van der Waals surface area (Å²) in [6.07, 6.45) is 6.16. The molecule has 1 heterocycles. The normalized spacial score (nSPS) is 25.5. The third-order valence-corrected chi connectivity index (χ3v) is 7.84. The van der Waals surface area contributed by atoms with Gasteiger partial charge in [-0.3, -0.25) is 4.79 Å². The number of methoxy groups -OCH3 is 4. The van der Waals surface area contributed by atoms with Crippen molar-refractivity contribution in [1.82, 2.24) is 4.31 Å². The SMILES string of the molecule is COC1=C[C@@]23CCN(S(C)(=O)=O)[C@@H](CCc4cc(OC)c(OC)c(OC)c42)C3=CC1=O. The molecule has 0 N–H and O–H groups in total. The summed E-state index contributed by atoms with van der Waals surface area (Å²) in [6.45, 7) is 0.319. The molecule has 1 fully saturated rings. The average Bonchev–Trinajstić information content (AvgIpc) is 2.81. The van der Waals surface area contributed by atoms with Crippen molar-refractivity contribution < 1.29 is 32.2 Å². The average molecular weight is 450 g/mol. The van der Waals surface area contributed by atoms with Gasteiger partial charge in [0.2, 0.25) is 21.6 Å². The lowest BCUT2D eigenvalue weighted by molar-refractivity contribution is -0.114. The van der Waals surface area contributed by atoms with E-state index in [9.17, 15) is 13.2 Å². The molecule has 0 radical (unpaired) electrons. The molecule has 0 spiro atoms. The highest BCUT2D eigenvalue weighted by atomic mass is 32.2. The molecule has 4 rings (SSSR count). The highest BCUT2D eigenvalue weighted by Crippen LogP contribution is 2.57. The van der Waals surface area contributed by atoms with E-state index < -0.39 is 21.5 Å². The lowest BCUT2D eigenvalue weighted by atomic mass is 9.64. The molecule has 2 bridgehead atoms. The van der Waals surface area contributed by atoms with Crippen LogP contribution in [-0.2, 0) is 31.4 Å². The molecule has 1 aromatic carbocycles. The van der Waals surface area contributed by atoms with E-state index in [1.807, 2.05) is 12.1 Å². The van der Waals surface area contributed by atoms with Crippen LogP contribution in [0.5, 0.6) is 17.2 Å². The topological polar surface area (TPSA) is 91.4 Å². The molecule has 0 saturated carbocycles. The van der Waals surface area contributed by atoms with E-state index in [2.05, 4.69) is 0 Å². The van der Waals surface area contributed by atoms with Crippen LogP contribution in [0.15, 0.2) is 29.6 Å². The fourth-order valence-corrected chi connectivity index (χ4v) is 6.41. The third kappa shape index (κ3) is 3.13. The number of aryl methyl sites for hydroxylation is 1. The Morgan fingerprint density at radius 1 is 1.06 bits per heavy atom. The van der Waals surface area contributed by atoms with Crippen molar-refractivity contribution in [3.63, 3.8) is 0 Å². The molecule has 31 heavy (non-hydrogen) atoms. The predicted molar refractivity (Wildman–Crippen MR) is 114 cm³/mol. The molecule has 1 saturated heterocycles. The van der Waals surface area contributed by atoms with Gasteiger partial charge >= 0.3 is 0 Å². The maximum atomic E-state index is 12.8. The maximum absolute atomic E-state index is 12.8. The van der Waals surface area contributed by atoms with Gasteiger partial charge in [-0.1, -0.05) is 0 Å². The Morgan fingerprint density at radius 3 is 2.35 bits per heavy atom. The van der Waals surface area contributed by atoms with Crippen LogP contribution >= 0.6 is 0 Å². The van der Waals surface area contributed by atoms with Gasteiger partial charge in [-0.15, -0.1) is 0 Å². The third-order valence-electron chi connectivity index (χ3n) is 6.55. The number of ketones is 1. The van der Waals surface area contributed by atoms with Gasteiger partial charge in [-0.25, -0.2) is 8.42 Å². The first-order chi connectivity index (χ1) is 14.7. The van der Waals surface area contributed by atoms with Crippen LogP contribution in [0.1, 0.15) is 24.0 Å². The van der Waals surface area contributed by atoms with Gasteiger partial charge in [0.25, 0.3) is 0 Å². The van der Waals surface area contributed by atoms with Crippen LogP contribution in [0.25, 0.3) is 0 Å². The Bertz CT molecular complexity index is 1110. The molecule has 1 aliphatic heterocycles. The Kier molecular flexibility index (Phi) is 5.29. The number of rotatable bonds is 5. The van der Waals surface area contributed by atoms with Crippen LogP contribution in [0.4, 0.5) is 0 Å². The molecular weight excluding hydrogens is 422 g/mol. The molecule has 0 unspecified atom stereocenters. The van der Waals surface area contributed by atoms with Crippen LogP contribution in [-0.4, -0.2) is 65.8 Å². The van der Waals surface area contributed by atoms with Crippen molar-refractivity contribution >= 4 is 15.8 Å². The van der Waals surface area contributed by atoms with E-state index in [0.717, 1.165) is 16.7 Å². The summed E-state index contributed by atoms with van der Waals surface area (Å²) in [4.78, 5) is 12.8. The summed E-state index contributed by atoms with van der Waals surface area (Å²) in [5, 5.41) is 0. The maximum Gasteiger partial charge on any atom is 0.220 e. The second kappa shape index (κ2) is 7.56. The summed E-state index contributed by atoms with van der Waals surface area (Å²) >= 11 is 0. The van der Waals surface area contributed by atoms with Crippen LogP contribution < -0.4 is 14.2 Å². The van der Waals surface area contributed by atoms with Crippen LogP contribution in [0.3, 0.4) is 0 Å². The van der Waals surface area contributed by atoms with E-state index >= 15 is 0 Å². The molecular formula is C22H27NO7S. The zero-order valence-electron chi connectivity index (χ0n) is 18.4. The van der Waals surface area contributed by atoms with Gasteiger partial charge in [-0.2, -0.15) is 4.31 Å². The summed E-state index contributed by atoms with van der Waals surface area (Å²) in [5.74, 6) is 1.50. The lowest BCUT2D eigenvalue weighted by Gasteiger charge is -2.47. The number of carbonyl (C=O) groups excluding carboxylic acids is 1. The Balaban J connectivity index is 2.08. The highest BCUT2D eigenvalue weighted by Gasteiger charge is 2.53. The molecule has 1 aromatic rings. The van der Waals surface area contributed by atoms with Gasteiger partial charge in [0.1, 0.15) is 0 Å². The van der Waals surface area contributed by atoms with Crippen molar-refractivity contribution in [1.29, 1.82) is 0 Å². The molecule has 3 aliphatic rings. The first-order valence-corrected chi connectivity index (χ1v) is 11.9. The van der Waals surface area contributed by atoms with Crippen LogP contribution in [0, 0.1) is 0 Å². The van der Waals surface area contributed by atoms with E-state index in [-0.39, 0.29) is 11.5 Å². The molecule has 168 valence electrons. The minimum absolute atomic E-state index is 0.236. The van der Waals surface area contributed by atoms with Crippen molar-refractivity contribution in [3.05, 3.63) is 40.7 Å². The number of piperidine rings is 1. The van der Waals surface area contributed by atoms with Gasteiger partial charge < -0.3 is 18.9 Å². The van der Waals surface area contributed by atoms with E-state index in [1.165, 1.54) is 17.7 Å². The fourth-order valence-electron chi connectivity index (χ4n) is 5.31. The number of allylic oxidation sites excluding steroid dienone is 2. The van der Waals surface area contributed by atoms with E-state index in [1.54, 1.807) is 27.4 Å². The summed E-state index contributed by atoms with van der Waals surface area (Å²) in [6, 6.07) is 1.49.